The zero-order valence-corrected chi connectivity index (χ0v) is 19.4. The van der Waals surface area contributed by atoms with Crippen molar-refractivity contribution in [1.82, 2.24) is 15.5 Å². The van der Waals surface area contributed by atoms with Gasteiger partial charge in [-0.05, 0) is 43.7 Å². The number of benzene rings is 2. The molecule has 0 aliphatic carbocycles. The van der Waals surface area contributed by atoms with Crippen LogP contribution in [0.5, 0.6) is 0 Å². The van der Waals surface area contributed by atoms with Crippen molar-refractivity contribution in [2.24, 2.45) is 4.99 Å². The highest BCUT2D eigenvalue weighted by atomic mass is 16.5. The molecule has 2 fully saturated rings. The number of ether oxygens (including phenoxy) is 1. The molecule has 0 aromatic heterocycles. The Labute approximate surface area is 193 Å². The number of rotatable bonds is 7. The van der Waals surface area contributed by atoms with E-state index in [1.54, 1.807) is 0 Å². The number of likely N-dealkylation sites (tertiary alicyclic amines) is 1. The molecule has 5 nitrogen and oxygen atoms in total. The molecular weight excluding hydrogens is 396 g/mol. The zero-order valence-electron chi connectivity index (χ0n) is 19.4. The summed E-state index contributed by atoms with van der Waals surface area (Å²) in [5.41, 5.74) is 2.86. The highest BCUT2D eigenvalue weighted by Crippen LogP contribution is 2.35. The van der Waals surface area contributed by atoms with Gasteiger partial charge in [-0.3, -0.25) is 9.89 Å². The number of hydrogen-bond donors (Lipinski definition) is 2. The molecule has 2 heterocycles. The van der Waals surface area contributed by atoms with Gasteiger partial charge in [-0.2, -0.15) is 0 Å². The second-order valence-corrected chi connectivity index (χ2v) is 9.13. The van der Waals surface area contributed by atoms with Gasteiger partial charge in [0.25, 0.3) is 0 Å². The van der Waals surface area contributed by atoms with Crippen LogP contribution in [0.15, 0.2) is 65.7 Å². The highest BCUT2D eigenvalue weighted by molar-refractivity contribution is 5.80. The monoisotopic (exact) mass is 434 g/mol. The Hall–Kier alpha value is -2.37. The molecule has 0 saturated carbocycles. The largest absolute Gasteiger partial charge is 0.381 e. The first-order valence-corrected chi connectivity index (χ1v) is 12.2. The summed E-state index contributed by atoms with van der Waals surface area (Å²) in [4.78, 5) is 7.65. The molecule has 172 valence electrons. The molecule has 0 bridgehead atoms. The Bertz CT molecular complexity index is 825. The third-order valence-electron chi connectivity index (χ3n) is 6.90. The summed E-state index contributed by atoms with van der Waals surface area (Å²) in [6, 6.07) is 22.1. The minimum Gasteiger partial charge on any atom is -0.381 e. The number of nitrogens with one attached hydrogen (secondary N) is 2. The molecule has 2 saturated heterocycles. The first-order chi connectivity index (χ1) is 15.8. The molecule has 0 unspecified atom stereocenters. The van der Waals surface area contributed by atoms with Crippen molar-refractivity contribution in [3.05, 3.63) is 71.8 Å². The lowest BCUT2D eigenvalue weighted by atomic mass is 9.74. The van der Waals surface area contributed by atoms with E-state index in [1.165, 1.54) is 11.1 Å². The Morgan fingerprint density at radius 1 is 1.00 bits per heavy atom. The summed E-state index contributed by atoms with van der Waals surface area (Å²) < 4.78 is 5.69. The standard InChI is InChI=1S/C27H38N4O/c1-2-28-26(29-22-27(15-19-32-20-16-27)24-11-7-4-8-12-24)30-25-13-17-31(18-14-25)21-23-9-5-3-6-10-23/h3-12,25H,2,13-22H2,1H3,(H2,28,29,30). The van der Waals surface area contributed by atoms with Crippen LogP contribution in [0.25, 0.3) is 0 Å². The fourth-order valence-electron chi connectivity index (χ4n) is 4.91. The number of nitrogens with zero attached hydrogens (tertiary/aromatic N) is 2. The van der Waals surface area contributed by atoms with Gasteiger partial charge >= 0.3 is 0 Å². The summed E-state index contributed by atoms with van der Waals surface area (Å²) in [5.74, 6) is 0.954. The topological polar surface area (TPSA) is 48.9 Å². The maximum absolute atomic E-state index is 5.69. The number of hydrogen-bond acceptors (Lipinski definition) is 3. The Morgan fingerprint density at radius 2 is 1.66 bits per heavy atom. The Morgan fingerprint density at radius 3 is 2.31 bits per heavy atom. The van der Waals surface area contributed by atoms with E-state index < -0.39 is 0 Å². The molecule has 4 rings (SSSR count). The molecule has 2 N–H and O–H groups in total. The average Bonchev–Trinajstić information content (AvgIpc) is 2.86. The van der Waals surface area contributed by atoms with Gasteiger partial charge in [0.05, 0.1) is 6.54 Å². The van der Waals surface area contributed by atoms with Crippen molar-refractivity contribution in [2.45, 2.75) is 50.6 Å². The lowest BCUT2D eigenvalue weighted by Crippen LogP contribution is -2.49. The van der Waals surface area contributed by atoms with Gasteiger partial charge in [0, 0.05) is 50.8 Å². The molecule has 0 atom stereocenters. The first kappa shape index (κ1) is 22.8. The third-order valence-corrected chi connectivity index (χ3v) is 6.90. The van der Waals surface area contributed by atoms with Crippen molar-refractivity contribution in [3.63, 3.8) is 0 Å². The van der Waals surface area contributed by atoms with Crippen LogP contribution in [-0.4, -0.2) is 56.3 Å². The summed E-state index contributed by atoms with van der Waals surface area (Å²) in [5, 5.41) is 7.21. The van der Waals surface area contributed by atoms with Crippen molar-refractivity contribution in [2.75, 3.05) is 39.4 Å². The van der Waals surface area contributed by atoms with Crippen LogP contribution in [-0.2, 0) is 16.7 Å². The van der Waals surface area contributed by atoms with E-state index in [0.717, 1.165) is 77.6 Å². The zero-order chi connectivity index (χ0) is 22.1. The Balaban J connectivity index is 1.36. The van der Waals surface area contributed by atoms with Gasteiger partial charge in [-0.1, -0.05) is 60.7 Å². The van der Waals surface area contributed by atoms with E-state index in [2.05, 4.69) is 83.1 Å². The summed E-state index contributed by atoms with van der Waals surface area (Å²) >= 11 is 0. The van der Waals surface area contributed by atoms with Crippen LogP contribution in [0.2, 0.25) is 0 Å². The van der Waals surface area contributed by atoms with Gasteiger partial charge in [0.1, 0.15) is 0 Å². The van der Waals surface area contributed by atoms with Crippen LogP contribution < -0.4 is 10.6 Å². The van der Waals surface area contributed by atoms with E-state index in [1.807, 2.05) is 0 Å². The first-order valence-electron chi connectivity index (χ1n) is 12.2. The average molecular weight is 435 g/mol. The van der Waals surface area contributed by atoms with Crippen LogP contribution in [0.3, 0.4) is 0 Å². The number of piperidine rings is 1. The lowest BCUT2D eigenvalue weighted by Gasteiger charge is -2.37. The van der Waals surface area contributed by atoms with E-state index in [9.17, 15) is 0 Å². The predicted octanol–water partition coefficient (Wildman–Crippen LogP) is 3.95. The van der Waals surface area contributed by atoms with Gasteiger partial charge in [-0.25, -0.2) is 0 Å². The molecule has 2 aromatic carbocycles. The fourth-order valence-corrected chi connectivity index (χ4v) is 4.91. The smallest absolute Gasteiger partial charge is 0.191 e. The van der Waals surface area contributed by atoms with E-state index in [0.29, 0.717) is 6.04 Å². The summed E-state index contributed by atoms with van der Waals surface area (Å²) in [7, 11) is 0. The minimum absolute atomic E-state index is 0.0703. The van der Waals surface area contributed by atoms with Crippen LogP contribution in [0, 0.1) is 0 Å². The normalized spacial score (nSPS) is 20.1. The molecular formula is C27H38N4O. The summed E-state index contributed by atoms with van der Waals surface area (Å²) in [6.45, 7) is 8.73. The second kappa shape index (κ2) is 11.5. The number of aliphatic imine (C=N–C) groups is 1. The fraction of sp³-hybridized carbons (Fsp3) is 0.519. The van der Waals surface area contributed by atoms with Gasteiger partial charge < -0.3 is 15.4 Å². The van der Waals surface area contributed by atoms with Crippen molar-refractivity contribution >= 4 is 5.96 Å². The van der Waals surface area contributed by atoms with Crippen LogP contribution in [0.1, 0.15) is 43.7 Å². The lowest BCUT2D eigenvalue weighted by molar-refractivity contribution is 0.0531. The van der Waals surface area contributed by atoms with Crippen molar-refractivity contribution in [3.8, 4) is 0 Å². The Kier molecular flexibility index (Phi) is 8.18. The van der Waals surface area contributed by atoms with Gasteiger partial charge in [0.15, 0.2) is 5.96 Å². The van der Waals surface area contributed by atoms with Crippen LogP contribution >= 0.6 is 0 Å². The van der Waals surface area contributed by atoms with E-state index in [4.69, 9.17) is 9.73 Å². The molecule has 0 spiro atoms. The van der Waals surface area contributed by atoms with E-state index in [-0.39, 0.29) is 5.41 Å². The molecule has 2 aliphatic heterocycles. The molecule has 5 heteroatoms. The highest BCUT2D eigenvalue weighted by Gasteiger charge is 2.34. The third kappa shape index (κ3) is 6.11. The quantitative estimate of drug-likeness (QED) is 0.512. The van der Waals surface area contributed by atoms with Crippen molar-refractivity contribution < 1.29 is 4.74 Å². The molecule has 32 heavy (non-hydrogen) atoms. The van der Waals surface area contributed by atoms with Crippen LogP contribution in [0.4, 0.5) is 0 Å². The van der Waals surface area contributed by atoms with Crippen molar-refractivity contribution in [1.29, 1.82) is 0 Å². The SMILES string of the molecule is CCNC(=NCC1(c2ccccc2)CCOCC1)NC1CCN(Cc2ccccc2)CC1. The predicted molar refractivity (Wildman–Crippen MR) is 132 cm³/mol. The number of guanidine groups is 1. The molecule has 0 amide bonds. The molecule has 0 radical (unpaired) electrons. The maximum Gasteiger partial charge on any atom is 0.191 e. The summed E-state index contributed by atoms with van der Waals surface area (Å²) in [6.07, 6.45) is 4.35. The molecule has 2 aromatic rings. The van der Waals surface area contributed by atoms with E-state index >= 15 is 0 Å². The minimum atomic E-state index is 0.0703. The van der Waals surface area contributed by atoms with Gasteiger partial charge in [-0.15, -0.1) is 0 Å². The van der Waals surface area contributed by atoms with Gasteiger partial charge in [0.2, 0.25) is 0 Å². The second-order valence-electron chi connectivity index (χ2n) is 9.13. The maximum atomic E-state index is 5.69. The molecule has 2 aliphatic rings.